The summed E-state index contributed by atoms with van der Waals surface area (Å²) in [4.78, 5) is 19.5. The third-order valence-electron chi connectivity index (χ3n) is 4.78. The standard InChI is InChI=1S/C25H28N2O3/c1-18(2)30-23-12-11-21(14-24(23)29-4)25(28)27(16-20-9-7-13-26-15-20)17-22-10-6-5-8-19(22)3/h5-15,18H,16-17H2,1-4H3. The maximum Gasteiger partial charge on any atom is 0.254 e. The van der Waals surface area contributed by atoms with Crippen LogP contribution in [0.1, 0.15) is 40.9 Å². The van der Waals surface area contributed by atoms with Gasteiger partial charge in [-0.05, 0) is 61.7 Å². The van der Waals surface area contributed by atoms with Gasteiger partial charge in [0.2, 0.25) is 0 Å². The van der Waals surface area contributed by atoms with Crippen molar-refractivity contribution in [3.8, 4) is 11.5 Å². The molecule has 0 atom stereocenters. The first kappa shape index (κ1) is 21.4. The average molecular weight is 405 g/mol. The van der Waals surface area contributed by atoms with Crippen molar-refractivity contribution in [2.75, 3.05) is 7.11 Å². The highest BCUT2D eigenvalue weighted by molar-refractivity contribution is 5.95. The fraction of sp³-hybridized carbons (Fsp3) is 0.280. The maximum absolute atomic E-state index is 13.5. The molecule has 0 saturated carbocycles. The lowest BCUT2D eigenvalue weighted by atomic mass is 10.1. The number of hydrogen-bond acceptors (Lipinski definition) is 4. The molecule has 0 fully saturated rings. The highest BCUT2D eigenvalue weighted by atomic mass is 16.5. The molecule has 3 aromatic rings. The third kappa shape index (κ3) is 5.38. The zero-order valence-electron chi connectivity index (χ0n) is 18.0. The molecule has 0 aliphatic heterocycles. The molecule has 1 aromatic heterocycles. The maximum atomic E-state index is 13.5. The van der Waals surface area contributed by atoms with E-state index < -0.39 is 0 Å². The van der Waals surface area contributed by atoms with Gasteiger partial charge >= 0.3 is 0 Å². The number of aryl methyl sites for hydroxylation is 1. The van der Waals surface area contributed by atoms with Crippen LogP contribution in [-0.2, 0) is 13.1 Å². The van der Waals surface area contributed by atoms with E-state index in [1.54, 1.807) is 37.7 Å². The minimum Gasteiger partial charge on any atom is -0.493 e. The quantitative estimate of drug-likeness (QED) is 0.528. The summed E-state index contributed by atoms with van der Waals surface area (Å²) in [7, 11) is 1.58. The molecule has 0 spiro atoms. The summed E-state index contributed by atoms with van der Waals surface area (Å²) in [5.74, 6) is 1.10. The van der Waals surface area contributed by atoms with Gasteiger partial charge in [0.05, 0.1) is 13.2 Å². The van der Waals surface area contributed by atoms with Crippen molar-refractivity contribution in [3.05, 3.63) is 89.2 Å². The smallest absolute Gasteiger partial charge is 0.254 e. The molecule has 5 heteroatoms. The monoisotopic (exact) mass is 404 g/mol. The van der Waals surface area contributed by atoms with E-state index in [0.717, 1.165) is 16.7 Å². The minimum absolute atomic E-state index is 0.0172. The molecule has 0 saturated heterocycles. The van der Waals surface area contributed by atoms with E-state index in [1.807, 2.05) is 43.0 Å². The Morgan fingerprint density at radius 3 is 2.50 bits per heavy atom. The van der Waals surface area contributed by atoms with Crippen LogP contribution < -0.4 is 9.47 Å². The summed E-state index contributed by atoms with van der Waals surface area (Å²) in [5.41, 5.74) is 3.80. The second kappa shape index (κ2) is 9.92. The first-order chi connectivity index (χ1) is 14.5. The number of amides is 1. The third-order valence-corrected chi connectivity index (χ3v) is 4.78. The van der Waals surface area contributed by atoms with E-state index in [0.29, 0.717) is 30.2 Å². The molecular weight excluding hydrogens is 376 g/mol. The molecule has 1 heterocycles. The molecule has 30 heavy (non-hydrogen) atoms. The van der Waals surface area contributed by atoms with Crippen LogP contribution in [0.3, 0.4) is 0 Å². The van der Waals surface area contributed by atoms with Crippen molar-refractivity contribution in [2.24, 2.45) is 0 Å². The van der Waals surface area contributed by atoms with Crippen molar-refractivity contribution in [1.29, 1.82) is 0 Å². The number of carbonyl (C=O) groups excluding carboxylic acids is 1. The minimum atomic E-state index is -0.0727. The normalized spacial score (nSPS) is 10.7. The van der Waals surface area contributed by atoms with Crippen LogP contribution in [0.25, 0.3) is 0 Å². The molecule has 0 radical (unpaired) electrons. The topological polar surface area (TPSA) is 51.7 Å². The van der Waals surface area contributed by atoms with Gasteiger partial charge in [-0.25, -0.2) is 0 Å². The molecule has 0 aliphatic carbocycles. The van der Waals surface area contributed by atoms with E-state index in [1.165, 1.54) is 0 Å². The van der Waals surface area contributed by atoms with Gasteiger partial charge in [0.15, 0.2) is 11.5 Å². The van der Waals surface area contributed by atoms with Crippen molar-refractivity contribution < 1.29 is 14.3 Å². The Labute approximate surface area is 178 Å². The second-order valence-corrected chi connectivity index (χ2v) is 7.48. The number of rotatable bonds is 8. The zero-order valence-corrected chi connectivity index (χ0v) is 18.0. The van der Waals surface area contributed by atoms with E-state index in [9.17, 15) is 4.79 Å². The number of nitrogens with zero attached hydrogens (tertiary/aromatic N) is 2. The SMILES string of the molecule is COc1cc(C(=O)N(Cc2cccnc2)Cc2ccccc2C)ccc1OC(C)C. The van der Waals surface area contributed by atoms with Gasteiger partial charge in [-0.1, -0.05) is 30.3 Å². The summed E-state index contributed by atoms with van der Waals surface area (Å²) >= 11 is 0. The van der Waals surface area contributed by atoms with E-state index in [4.69, 9.17) is 9.47 Å². The van der Waals surface area contributed by atoms with Crippen molar-refractivity contribution in [2.45, 2.75) is 40.0 Å². The average Bonchev–Trinajstić information content (AvgIpc) is 2.75. The first-order valence-electron chi connectivity index (χ1n) is 10.0. The highest BCUT2D eigenvalue weighted by Crippen LogP contribution is 2.30. The Balaban J connectivity index is 1.92. The zero-order chi connectivity index (χ0) is 21.5. The van der Waals surface area contributed by atoms with Gasteiger partial charge in [0, 0.05) is 31.0 Å². The molecule has 2 aromatic carbocycles. The van der Waals surface area contributed by atoms with E-state index in [-0.39, 0.29) is 12.0 Å². The van der Waals surface area contributed by atoms with Gasteiger partial charge in [0.25, 0.3) is 5.91 Å². The summed E-state index contributed by atoms with van der Waals surface area (Å²) < 4.78 is 11.2. The number of pyridine rings is 1. The summed E-state index contributed by atoms with van der Waals surface area (Å²) in [6.45, 7) is 6.94. The number of carbonyl (C=O) groups is 1. The highest BCUT2D eigenvalue weighted by Gasteiger charge is 2.20. The largest absolute Gasteiger partial charge is 0.493 e. The molecule has 0 aliphatic rings. The lowest BCUT2D eigenvalue weighted by Gasteiger charge is -2.24. The summed E-state index contributed by atoms with van der Waals surface area (Å²) in [6, 6.07) is 17.3. The predicted octanol–water partition coefficient (Wildman–Crippen LogP) is 5.03. The van der Waals surface area contributed by atoms with Gasteiger partial charge in [-0.15, -0.1) is 0 Å². The Kier molecular flexibility index (Phi) is 7.07. The number of benzene rings is 2. The molecule has 1 amide bonds. The van der Waals surface area contributed by atoms with Crippen molar-refractivity contribution in [1.82, 2.24) is 9.88 Å². The van der Waals surface area contributed by atoms with Gasteiger partial charge in [0.1, 0.15) is 0 Å². The van der Waals surface area contributed by atoms with Gasteiger partial charge in [-0.2, -0.15) is 0 Å². The molecule has 0 bridgehead atoms. The molecule has 156 valence electrons. The van der Waals surface area contributed by atoms with Crippen LogP contribution in [0, 0.1) is 6.92 Å². The van der Waals surface area contributed by atoms with Crippen LogP contribution >= 0.6 is 0 Å². The van der Waals surface area contributed by atoms with Gasteiger partial charge < -0.3 is 14.4 Å². The second-order valence-electron chi connectivity index (χ2n) is 7.48. The lowest BCUT2D eigenvalue weighted by Crippen LogP contribution is -2.30. The summed E-state index contributed by atoms with van der Waals surface area (Å²) in [6.07, 6.45) is 3.54. The number of ether oxygens (including phenoxy) is 2. The first-order valence-corrected chi connectivity index (χ1v) is 10.0. The van der Waals surface area contributed by atoms with Crippen LogP contribution in [-0.4, -0.2) is 29.0 Å². The number of methoxy groups -OCH3 is 1. The number of hydrogen-bond donors (Lipinski definition) is 0. The summed E-state index contributed by atoms with van der Waals surface area (Å²) in [5, 5.41) is 0. The fourth-order valence-electron chi connectivity index (χ4n) is 3.24. The molecular formula is C25H28N2O3. The van der Waals surface area contributed by atoms with Crippen molar-refractivity contribution in [3.63, 3.8) is 0 Å². The molecule has 5 nitrogen and oxygen atoms in total. The van der Waals surface area contributed by atoms with Crippen LogP contribution in [0.4, 0.5) is 0 Å². The number of aromatic nitrogens is 1. The molecule has 3 rings (SSSR count). The Morgan fingerprint density at radius 2 is 1.83 bits per heavy atom. The molecule has 0 N–H and O–H groups in total. The van der Waals surface area contributed by atoms with E-state index in [2.05, 4.69) is 24.0 Å². The van der Waals surface area contributed by atoms with E-state index >= 15 is 0 Å². The Morgan fingerprint density at radius 1 is 1.03 bits per heavy atom. The van der Waals surface area contributed by atoms with Crippen LogP contribution in [0.15, 0.2) is 67.0 Å². The Bertz CT molecular complexity index is 987. The van der Waals surface area contributed by atoms with Gasteiger partial charge in [-0.3, -0.25) is 9.78 Å². The van der Waals surface area contributed by atoms with Crippen LogP contribution in [0.2, 0.25) is 0 Å². The van der Waals surface area contributed by atoms with Crippen molar-refractivity contribution >= 4 is 5.91 Å². The predicted molar refractivity (Wildman–Crippen MR) is 118 cm³/mol. The van der Waals surface area contributed by atoms with Crippen LogP contribution in [0.5, 0.6) is 11.5 Å². The fourth-order valence-corrected chi connectivity index (χ4v) is 3.24. The Hall–Kier alpha value is -3.34. The molecule has 0 unspecified atom stereocenters. The lowest BCUT2D eigenvalue weighted by molar-refractivity contribution is 0.0729.